The van der Waals surface area contributed by atoms with E-state index in [1.807, 2.05) is 29.2 Å². The summed E-state index contributed by atoms with van der Waals surface area (Å²) in [5.41, 5.74) is 1.46. The van der Waals surface area contributed by atoms with E-state index >= 15 is 0 Å². The predicted octanol–water partition coefficient (Wildman–Crippen LogP) is 2.87. The molecule has 1 atom stereocenters. The molecule has 2 fully saturated rings. The summed E-state index contributed by atoms with van der Waals surface area (Å²) in [7, 11) is 0. The molecule has 5 heteroatoms. The summed E-state index contributed by atoms with van der Waals surface area (Å²) in [5, 5.41) is 2.79. The minimum Gasteiger partial charge on any atom is -0.336 e. The Bertz CT molecular complexity index is 610. The second kappa shape index (κ2) is 6.22. The predicted molar refractivity (Wildman–Crippen MR) is 90.7 cm³/mol. The molecule has 5 nitrogen and oxygen atoms in total. The number of hydrogen-bond acceptors (Lipinski definition) is 2. The first-order valence-corrected chi connectivity index (χ1v) is 8.47. The van der Waals surface area contributed by atoms with Gasteiger partial charge in [0.2, 0.25) is 0 Å². The fraction of sp³-hybridized carbons (Fsp3) is 0.556. The van der Waals surface area contributed by atoms with Gasteiger partial charge in [-0.15, -0.1) is 0 Å². The maximum atomic E-state index is 13.0. The SMILES string of the molecule is CC(C)[C@H](C)N(C(=O)c1cccc(N2CCNC2=O)c1)C1CC1. The van der Waals surface area contributed by atoms with Gasteiger partial charge in [-0.2, -0.15) is 0 Å². The van der Waals surface area contributed by atoms with E-state index in [0.29, 0.717) is 30.6 Å². The summed E-state index contributed by atoms with van der Waals surface area (Å²) in [6.07, 6.45) is 2.19. The Hall–Kier alpha value is -2.04. The van der Waals surface area contributed by atoms with E-state index in [2.05, 4.69) is 26.1 Å². The highest BCUT2D eigenvalue weighted by atomic mass is 16.2. The van der Waals surface area contributed by atoms with E-state index < -0.39 is 0 Å². The fourth-order valence-corrected chi connectivity index (χ4v) is 3.03. The zero-order chi connectivity index (χ0) is 16.6. The van der Waals surface area contributed by atoms with Crippen LogP contribution in [0.4, 0.5) is 10.5 Å². The molecule has 124 valence electrons. The molecule has 3 rings (SSSR count). The smallest absolute Gasteiger partial charge is 0.321 e. The number of carbonyl (C=O) groups is 2. The van der Waals surface area contributed by atoms with E-state index in [1.165, 1.54) is 0 Å². The highest BCUT2D eigenvalue weighted by molar-refractivity contribution is 5.98. The summed E-state index contributed by atoms with van der Waals surface area (Å²) >= 11 is 0. The monoisotopic (exact) mass is 315 g/mol. The first-order chi connectivity index (χ1) is 11.0. The molecule has 1 saturated carbocycles. The highest BCUT2D eigenvalue weighted by Gasteiger charge is 2.37. The fourth-order valence-electron chi connectivity index (χ4n) is 3.03. The maximum Gasteiger partial charge on any atom is 0.321 e. The molecule has 3 amide bonds. The lowest BCUT2D eigenvalue weighted by atomic mass is 10.0. The molecule has 0 spiro atoms. The van der Waals surface area contributed by atoms with Crippen molar-refractivity contribution in [2.75, 3.05) is 18.0 Å². The topological polar surface area (TPSA) is 52.7 Å². The van der Waals surface area contributed by atoms with Crippen LogP contribution in [0.1, 0.15) is 44.0 Å². The second-order valence-electron chi connectivity index (χ2n) is 6.86. The number of rotatable bonds is 5. The summed E-state index contributed by atoms with van der Waals surface area (Å²) in [6.45, 7) is 7.72. The van der Waals surface area contributed by atoms with E-state index in [9.17, 15) is 9.59 Å². The zero-order valence-electron chi connectivity index (χ0n) is 14.1. The first-order valence-electron chi connectivity index (χ1n) is 8.47. The van der Waals surface area contributed by atoms with Crippen LogP contribution in [0.5, 0.6) is 0 Å². The van der Waals surface area contributed by atoms with Crippen LogP contribution in [0, 0.1) is 5.92 Å². The lowest BCUT2D eigenvalue weighted by molar-refractivity contribution is 0.0628. The Kier molecular flexibility index (Phi) is 4.28. The molecule has 0 aromatic heterocycles. The van der Waals surface area contributed by atoms with Crippen molar-refractivity contribution in [3.8, 4) is 0 Å². The number of nitrogens with zero attached hydrogens (tertiary/aromatic N) is 2. The maximum absolute atomic E-state index is 13.0. The normalized spacial score (nSPS) is 19.0. The number of amides is 3. The standard InChI is InChI=1S/C18H25N3O2/c1-12(2)13(3)21(15-7-8-15)17(22)14-5-4-6-16(11-14)20-10-9-19-18(20)23/h4-6,11-13,15H,7-10H2,1-3H3,(H,19,23)/t13-/m0/s1. The number of urea groups is 1. The van der Waals surface area contributed by atoms with Crippen molar-refractivity contribution in [3.05, 3.63) is 29.8 Å². The molecule has 1 heterocycles. The molecule has 1 N–H and O–H groups in total. The number of nitrogens with one attached hydrogen (secondary N) is 1. The first kappa shape index (κ1) is 15.8. The van der Waals surface area contributed by atoms with Gasteiger partial charge in [-0.05, 0) is 43.9 Å². The quantitative estimate of drug-likeness (QED) is 0.908. The van der Waals surface area contributed by atoms with Crippen molar-refractivity contribution >= 4 is 17.6 Å². The molecule has 1 saturated heterocycles. The number of carbonyl (C=O) groups excluding carboxylic acids is 2. The summed E-state index contributed by atoms with van der Waals surface area (Å²) < 4.78 is 0. The van der Waals surface area contributed by atoms with Crippen molar-refractivity contribution in [2.45, 2.75) is 45.7 Å². The minimum absolute atomic E-state index is 0.0788. The second-order valence-corrected chi connectivity index (χ2v) is 6.86. The van der Waals surface area contributed by atoms with Crippen molar-refractivity contribution in [1.82, 2.24) is 10.2 Å². The van der Waals surface area contributed by atoms with Crippen molar-refractivity contribution in [2.24, 2.45) is 5.92 Å². The van der Waals surface area contributed by atoms with Gasteiger partial charge in [0.25, 0.3) is 5.91 Å². The van der Waals surface area contributed by atoms with Crippen LogP contribution < -0.4 is 10.2 Å². The van der Waals surface area contributed by atoms with Crippen LogP contribution in [0.3, 0.4) is 0 Å². The van der Waals surface area contributed by atoms with Crippen LogP contribution in [-0.4, -0.2) is 42.0 Å². The van der Waals surface area contributed by atoms with Gasteiger partial charge < -0.3 is 10.2 Å². The number of anilines is 1. The number of benzene rings is 1. The third-order valence-electron chi connectivity index (χ3n) is 4.84. The third kappa shape index (κ3) is 3.19. The van der Waals surface area contributed by atoms with Crippen LogP contribution in [0.2, 0.25) is 0 Å². The Morgan fingerprint density at radius 2 is 2.04 bits per heavy atom. The Morgan fingerprint density at radius 1 is 1.30 bits per heavy atom. The molecular formula is C18H25N3O2. The molecule has 1 aromatic rings. The van der Waals surface area contributed by atoms with Gasteiger partial charge in [0, 0.05) is 36.4 Å². The molecule has 0 radical (unpaired) electrons. The number of hydrogen-bond donors (Lipinski definition) is 1. The van der Waals surface area contributed by atoms with Gasteiger partial charge in [0.1, 0.15) is 0 Å². The molecular weight excluding hydrogens is 290 g/mol. The van der Waals surface area contributed by atoms with Crippen LogP contribution in [-0.2, 0) is 0 Å². The molecule has 2 aliphatic rings. The van der Waals surface area contributed by atoms with Crippen molar-refractivity contribution in [1.29, 1.82) is 0 Å². The third-order valence-corrected chi connectivity index (χ3v) is 4.84. The van der Waals surface area contributed by atoms with Gasteiger partial charge in [-0.3, -0.25) is 9.69 Å². The minimum atomic E-state index is -0.0933. The van der Waals surface area contributed by atoms with Gasteiger partial charge in [0.05, 0.1) is 0 Å². The van der Waals surface area contributed by atoms with Gasteiger partial charge in [-0.25, -0.2) is 4.79 Å². The lowest BCUT2D eigenvalue weighted by Crippen LogP contribution is -2.43. The van der Waals surface area contributed by atoms with E-state index in [1.54, 1.807) is 4.90 Å². The Morgan fingerprint density at radius 3 is 2.61 bits per heavy atom. The molecule has 23 heavy (non-hydrogen) atoms. The molecule has 1 aromatic carbocycles. The average Bonchev–Trinajstić information content (AvgIpc) is 3.27. The summed E-state index contributed by atoms with van der Waals surface area (Å²) in [5.74, 6) is 0.502. The summed E-state index contributed by atoms with van der Waals surface area (Å²) in [6, 6.07) is 7.93. The van der Waals surface area contributed by atoms with E-state index in [0.717, 1.165) is 18.5 Å². The Labute approximate surface area is 137 Å². The van der Waals surface area contributed by atoms with Gasteiger partial charge in [-0.1, -0.05) is 19.9 Å². The van der Waals surface area contributed by atoms with Crippen LogP contribution in [0.15, 0.2) is 24.3 Å². The van der Waals surface area contributed by atoms with Crippen molar-refractivity contribution < 1.29 is 9.59 Å². The van der Waals surface area contributed by atoms with Crippen LogP contribution in [0.25, 0.3) is 0 Å². The van der Waals surface area contributed by atoms with Gasteiger partial charge in [0.15, 0.2) is 0 Å². The Balaban J connectivity index is 1.85. The van der Waals surface area contributed by atoms with E-state index in [-0.39, 0.29) is 18.0 Å². The van der Waals surface area contributed by atoms with Gasteiger partial charge >= 0.3 is 6.03 Å². The molecule has 0 bridgehead atoms. The largest absolute Gasteiger partial charge is 0.336 e. The molecule has 0 unspecified atom stereocenters. The lowest BCUT2D eigenvalue weighted by Gasteiger charge is -2.32. The highest BCUT2D eigenvalue weighted by Crippen LogP contribution is 2.32. The molecule has 1 aliphatic heterocycles. The zero-order valence-corrected chi connectivity index (χ0v) is 14.1. The van der Waals surface area contributed by atoms with E-state index in [4.69, 9.17) is 0 Å². The summed E-state index contributed by atoms with van der Waals surface area (Å²) in [4.78, 5) is 28.6. The van der Waals surface area contributed by atoms with Crippen molar-refractivity contribution in [3.63, 3.8) is 0 Å². The average molecular weight is 315 g/mol. The van der Waals surface area contributed by atoms with Crippen LogP contribution >= 0.6 is 0 Å². The molecule has 1 aliphatic carbocycles.